The molecule has 7 nitrogen and oxygen atoms in total. The van der Waals surface area contributed by atoms with Gasteiger partial charge >= 0.3 is 0 Å². The van der Waals surface area contributed by atoms with Gasteiger partial charge in [0.05, 0.1) is 11.9 Å². The number of benzene rings is 2. The molecule has 2 aromatic rings. The average molecular weight is 579 g/mol. The Bertz CT molecular complexity index is 1110. The van der Waals surface area contributed by atoms with E-state index in [1.807, 2.05) is 6.92 Å². The molecule has 0 heterocycles. The van der Waals surface area contributed by atoms with Gasteiger partial charge in [0.25, 0.3) is 0 Å². The number of carbonyl (C=O) groups is 2. The van der Waals surface area contributed by atoms with Crippen molar-refractivity contribution in [2.24, 2.45) is 0 Å². The predicted molar refractivity (Wildman–Crippen MR) is 136 cm³/mol. The maximum Gasteiger partial charge on any atom is 0.244 e. The number of nitrogens with one attached hydrogen (secondary N) is 1. The summed E-state index contributed by atoms with van der Waals surface area (Å²) in [7, 11) is -3.80. The Hall–Kier alpha value is -1.81. The van der Waals surface area contributed by atoms with Crippen molar-refractivity contribution in [1.29, 1.82) is 0 Å². The second kappa shape index (κ2) is 12.1. The minimum atomic E-state index is -3.80. The second-order valence-electron chi connectivity index (χ2n) is 7.45. The highest BCUT2D eigenvalue weighted by Gasteiger charge is 2.30. The molecule has 0 spiro atoms. The summed E-state index contributed by atoms with van der Waals surface area (Å²) < 4.78 is 26.6. The molecule has 0 saturated heterocycles. The lowest BCUT2D eigenvalue weighted by atomic mass is 10.1. The molecule has 11 heteroatoms. The fourth-order valence-electron chi connectivity index (χ4n) is 3.06. The van der Waals surface area contributed by atoms with Crippen molar-refractivity contribution in [3.8, 4) is 0 Å². The average Bonchev–Trinajstić information content (AvgIpc) is 2.74. The van der Waals surface area contributed by atoms with Crippen molar-refractivity contribution in [3.63, 3.8) is 0 Å². The van der Waals surface area contributed by atoms with Crippen LogP contribution in [0.15, 0.2) is 46.9 Å². The minimum absolute atomic E-state index is 0.00308. The zero-order chi connectivity index (χ0) is 24.8. The Labute approximate surface area is 213 Å². The van der Waals surface area contributed by atoms with Gasteiger partial charge < -0.3 is 10.2 Å². The van der Waals surface area contributed by atoms with Gasteiger partial charge in [0, 0.05) is 27.6 Å². The highest BCUT2D eigenvalue weighted by Crippen LogP contribution is 2.28. The number of anilines is 1. The van der Waals surface area contributed by atoms with Crippen LogP contribution in [0.3, 0.4) is 0 Å². The summed E-state index contributed by atoms with van der Waals surface area (Å²) in [6.45, 7) is 3.49. The van der Waals surface area contributed by atoms with Crippen LogP contribution in [0.1, 0.15) is 25.8 Å². The van der Waals surface area contributed by atoms with E-state index in [1.165, 1.54) is 4.90 Å². The number of carbonyl (C=O) groups excluding carboxylic acids is 2. The molecule has 33 heavy (non-hydrogen) atoms. The number of hydrogen-bond acceptors (Lipinski definition) is 4. The number of nitrogens with zero attached hydrogens (tertiary/aromatic N) is 2. The van der Waals surface area contributed by atoms with E-state index in [2.05, 4.69) is 21.2 Å². The van der Waals surface area contributed by atoms with E-state index in [-0.39, 0.29) is 12.5 Å². The van der Waals surface area contributed by atoms with Crippen LogP contribution in [0.25, 0.3) is 0 Å². The molecule has 0 saturated carbocycles. The summed E-state index contributed by atoms with van der Waals surface area (Å²) in [5.74, 6) is -0.900. The molecule has 180 valence electrons. The quantitative estimate of drug-likeness (QED) is 0.451. The maximum atomic E-state index is 13.4. The molecule has 0 bridgehead atoms. The van der Waals surface area contributed by atoms with E-state index in [0.717, 1.165) is 17.0 Å². The first-order chi connectivity index (χ1) is 15.5. The molecule has 0 aromatic heterocycles. The van der Waals surface area contributed by atoms with Crippen molar-refractivity contribution < 1.29 is 18.0 Å². The first-order valence-corrected chi connectivity index (χ1v) is 13.6. The third kappa shape index (κ3) is 7.60. The van der Waals surface area contributed by atoms with Crippen molar-refractivity contribution in [1.82, 2.24) is 10.2 Å². The molecule has 0 aliphatic carbocycles. The standard InChI is InChI=1S/C22H26BrCl2N3O4S/c1-4-11-26-22(30)15(2)27(13-16-9-10-17(24)12-19(16)25)21(29)14-28(33(3,31)32)20-8-6-5-7-18(20)23/h5-10,12,15H,4,11,13-14H2,1-3H3,(H,26,30)/t15-/m0/s1. The van der Waals surface area contributed by atoms with E-state index in [0.29, 0.717) is 32.3 Å². The van der Waals surface area contributed by atoms with Gasteiger partial charge in [-0.15, -0.1) is 0 Å². The molecule has 0 fully saturated rings. The highest BCUT2D eigenvalue weighted by atomic mass is 79.9. The molecule has 0 radical (unpaired) electrons. The molecule has 0 unspecified atom stereocenters. The van der Waals surface area contributed by atoms with Gasteiger partial charge in [0.15, 0.2) is 0 Å². The van der Waals surface area contributed by atoms with Gasteiger partial charge in [-0.25, -0.2) is 8.42 Å². The van der Waals surface area contributed by atoms with E-state index in [9.17, 15) is 18.0 Å². The lowest BCUT2D eigenvalue weighted by Gasteiger charge is -2.32. The fraction of sp³-hybridized carbons (Fsp3) is 0.364. The normalized spacial score (nSPS) is 12.2. The lowest BCUT2D eigenvalue weighted by Crippen LogP contribution is -2.51. The predicted octanol–water partition coefficient (Wildman–Crippen LogP) is 4.47. The third-order valence-corrected chi connectivity index (χ3v) is 7.26. The minimum Gasteiger partial charge on any atom is -0.354 e. The van der Waals surface area contributed by atoms with Crippen LogP contribution in [0.2, 0.25) is 10.0 Å². The van der Waals surface area contributed by atoms with Crippen LogP contribution < -0.4 is 9.62 Å². The smallest absolute Gasteiger partial charge is 0.244 e. The summed E-state index contributed by atoms with van der Waals surface area (Å²) >= 11 is 15.6. The molecule has 2 aromatic carbocycles. The molecule has 2 rings (SSSR count). The van der Waals surface area contributed by atoms with Gasteiger partial charge in [-0.3, -0.25) is 13.9 Å². The van der Waals surface area contributed by atoms with Crippen molar-refractivity contribution in [3.05, 3.63) is 62.5 Å². The summed E-state index contributed by atoms with van der Waals surface area (Å²) in [4.78, 5) is 27.4. The highest BCUT2D eigenvalue weighted by molar-refractivity contribution is 9.10. The van der Waals surface area contributed by atoms with Crippen LogP contribution in [0, 0.1) is 0 Å². The Morgan fingerprint density at radius 2 is 1.82 bits per heavy atom. The molecule has 1 atom stereocenters. The SMILES string of the molecule is CCCNC(=O)[C@H](C)N(Cc1ccc(Cl)cc1Cl)C(=O)CN(c1ccccc1Br)S(C)(=O)=O. The Morgan fingerprint density at radius 3 is 2.39 bits per heavy atom. The Morgan fingerprint density at radius 1 is 1.15 bits per heavy atom. The van der Waals surface area contributed by atoms with Crippen LogP contribution in [-0.4, -0.2) is 50.5 Å². The monoisotopic (exact) mass is 577 g/mol. The number of sulfonamides is 1. The number of halogens is 3. The Kier molecular flexibility index (Phi) is 10.0. The zero-order valence-corrected chi connectivity index (χ0v) is 22.4. The van der Waals surface area contributed by atoms with E-state index < -0.39 is 28.5 Å². The van der Waals surface area contributed by atoms with Gasteiger partial charge in [-0.2, -0.15) is 0 Å². The number of amides is 2. The maximum absolute atomic E-state index is 13.4. The molecular formula is C22H26BrCl2N3O4S. The summed E-state index contributed by atoms with van der Waals surface area (Å²) in [6, 6.07) is 10.7. The first-order valence-electron chi connectivity index (χ1n) is 10.2. The van der Waals surface area contributed by atoms with Crippen LogP contribution in [0.5, 0.6) is 0 Å². The number of rotatable bonds is 10. The number of para-hydroxylation sites is 1. The van der Waals surface area contributed by atoms with Gasteiger partial charge in [-0.05, 0) is 59.1 Å². The van der Waals surface area contributed by atoms with Crippen molar-refractivity contribution in [2.75, 3.05) is 23.7 Å². The molecule has 1 N–H and O–H groups in total. The molecule has 0 aliphatic rings. The zero-order valence-electron chi connectivity index (χ0n) is 18.5. The van der Waals surface area contributed by atoms with Crippen molar-refractivity contribution in [2.45, 2.75) is 32.9 Å². The van der Waals surface area contributed by atoms with E-state index in [4.69, 9.17) is 23.2 Å². The molecule has 2 amide bonds. The Balaban J connectivity index is 2.42. The largest absolute Gasteiger partial charge is 0.354 e. The second-order valence-corrected chi connectivity index (χ2v) is 11.1. The number of hydrogen-bond donors (Lipinski definition) is 1. The molecular weight excluding hydrogens is 553 g/mol. The third-order valence-electron chi connectivity index (χ3n) is 4.87. The summed E-state index contributed by atoms with van der Waals surface area (Å²) in [6.07, 6.45) is 1.76. The summed E-state index contributed by atoms with van der Waals surface area (Å²) in [5.41, 5.74) is 0.900. The van der Waals surface area contributed by atoms with Gasteiger partial charge in [0.1, 0.15) is 12.6 Å². The van der Waals surface area contributed by atoms with Gasteiger partial charge in [-0.1, -0.05) is 48.3 Å². The van der Waals surface area contributed by atoms with Crippen LogP contribution in [0.4, 0.5) is 5.69 Å². The van der Waals surface area contributed by atoms with Gasteiger partial charge in [0.2, 0.25) is 21.8 Å². The van der Waals surface area contributed by atoms with Crippen LogP contribution in [-0.2, 0) is 26.2 Å². The topological polar surface area (TPSA) is 86.8 Å². The lowest BCUT2D eigenvalue weighted by molar-refractivity contribution is -0.139. The van der Waals surface area contributed by atoms with Crippen LogP contribution >= 0.6 is 39.1 Å². The fourth-order valence-corrected chi connectivity index (χ4v) is 5.01. The summed E-state index contributed by atoms with van der Waals surface area (Å²) in [5, 5.41) is 3.55. The van der Waals surface area contributed by atoms with E-state index >= 15 is 0 Å². The molecule has 0 aliphatic heterocycles. The van der Waals surface area contributed by atoms with E-state index in [1.54, 1.807) is 49.4 Å². The first kappa shape index (κ1) is 27.4. The van der Waals surface area contributed by atoms with Crippen molar-refractivity contribution >= 4 is 66.7 Å².